The normalized spacial score (nSPS) is 20.8. The monoisotopic (exact) mass is 583 g/mol. The van der Waals surface area contributed by atoms with Crippen LogP contribution in [0, 0.1) is 0 Å². The number of hydrogen-bond acceptors (Lipinski definition) is 7. The van der Waals surface area contributed by atoms with Gasteiger partial charge in [0.1, 0.15) is 0 Å². The van der Waals surface area contributed by atoms with E-state index in [0.717, 1.165) is 12.6 Å². The molecule has 1 fully saturated rings. The number of alkyl halides is 3. The summed E-state index contributed by atoms with van der Waals surface area (Å²) < 4.78 is 70.4. The molecule has 13 heteroatoms. The fraction of sp³-hybridized carbons (Fsp3) is 0.462. The highest BCUT2D eigenvalue weighted by molar-refractivity contribution is 7.96. The van der Waals surface area contributed by atoms with E-state index in [1.807, 2.05) is 40.7 Å². The fourth-order valence-corrected chi connectivity index (χ4v) is 6.90. The molecule has 0 saturated carbocycles. The summed E-state index contributed by atoms with van der Waals surface area (Å²) in [5.74, 6) is 0. The van der Waals surface area contributed by atoms with Crippen molar-refractivity contribution in [1.29, 1.82) is 0 Å². The Hall–Kier alpha value is -2.58. The van der Waals surface area contributed by atoms with Crippen LogP contribution in [0.5, 0.6) is 0 Å². The highest BCUT2D eigenvalue weighted by Gasteiger charge is 2.51. The van der Waals surface area contributed by atoms with Crippen molar-refractivity contribution < 1.29 is 26.7 Å². The van der Waals surface area contributed by atoms with Crippen LogP contribution in [0.3, 0.4) is 0 Å². The molecule has 39 heavy (non-hydrogen) atoms. The minimum Gasteiger partial charge on any atom is -0.376 e. The van der Waals surface area contributed by atoms with Gasteiger partial charge >= 0.3 is 6.18 Å². The maximum Gasteiger partial charge on any atom is 0.421 e. The number of imidazole rings is 1. The predicted molar refractivity (Wildman–Crippen MR) is 148 cm³/mol. The van der Waals surface area contributed by atoms with Crippen LogP contribution in [-0.4, -0.2) is 82.6 Å². The number of rotatable bonds is 8. The molecule has 1 aliphatic heterocycles. The summed E-state index contributed by atoms with van der Waals surface area (Å²) in [5.41, 5.74) is -1.76. The first kappa shape index (κ1) is 29.4. The van der Waals surface area contributed by atoms with Crippen LogP contribution in [0.1, 0.15) is 24.6 Å². The predicted octanol–water partition coefficient (Wildman–Crippen LogP) is 3.36. The Morgan fingerprint density at radius 3 is 2.49 bits per heavy atom. The Morgan fingerprint density at radius 1 is 1.21 bits per heavy atom. The average molecular weight is 584 g/mol. The van der Waals surface area contributed by atoms with Gasteiger partial charge < -0.3 is 14.6 Å². The van der Waals surface area contributed by atoms with Crippen molar-refractivity contribution in [3.8, 4) is 0 Å². The molecule has 0 radical (unpaired) electrons. The van der Waals surface area contributed by atoms with Gasteiger partial charge in [0.15, 0.2) is 5.60 Å². The Kier molecular flexibility index (Phi) is 8.39. The van der Waals surface area contributed by atoms with Crippen molar-refractivity contribution in [1.82, 2.24) is 18.8 Å². The van der Waals surface area contributed by atoms with Gasteiger partial charge in [0.2, 0.25) is 10.0 Å². The molecular formula is C26H32F3N5O3S2. The molecule has 1 aromatic heterocycles. The molecule has 1 N–H and O–H groups in total. The molecule has 2 aromatic rings. The standard InChI is InChI=1S/C26H32F3N5O3S2/c1-25(35,26(27,28)29)19-8-10-21(11-9-19)34-13-12-33(39(36,37)24-7-5-4-6-23(24)38)17-22(34)16-31(2)14-20-15-32(3)18-30-20/h4-5,7-11,15,18,22,35H,6,12-14,16-17H2,1-3H3/t22-,25-/m0/s1. The third-order valence-corrected chi connectivity index (χ3v) is 9.52. The number of allylic oxidation sites excluding steroid dienone is 4. The van der Waals surface area contributed by atoms with E-state index in [2.05, 4.69) is 4.98 Å². The number of aryl methyl sites for hydroxylation is 1. The molecule has 1 aromatic carbocycles. The first-order valence-corrected chi connectivity index (χ1v) is 14.3. The molecule has 2 aliphatic rings. The van der Waals surface area contributed by atoms with E-state index in [1.54, 1.807) is 12.4 Å². The molecule has 4 rings (SSSR count). The van der Waals surface area contributed by atoms with Crippen molar-refractivity contribution in [3.05, 3.63) is 71.2 Å². The van der Waals surface area contributed by atoms with Crippen molar-refractivity contribution in [2.75, 3.05) is 38.1 Å². The molecule has 212 valence electrons. The average Bonchev–Trinajstić information content (AvgIpc) is 3.27. The van der Waals surface area contributed by atoms with Crippen LogP contribution in [0.4, 0.5) is 18.9 Å². The van der Waals surface area contributed by atoms with E-state index in [1.165, 1.54) is 34.6 Å². The Labute approximate surface area is 232 Å². The van der Waals surface area contributed by atoms with Gasteiger partial charge in [-0.1, -0.05) is 36.5 Å². The van der Waals surface area contributed by atoms with Crippen molar-refractivity contribution in [2.24, 2.45) is 7.05 Å². The highest BCUT2D eigenvalue weighted by Crippen LogP contribution is 2.39. The number of anilines is 1. The Balaban J connectivity index is 1.60. The molecule has 0 unspecified atom stereocenters. The SMILES string of the molecule is CN(Cc1cn(C)cn1)C[C@H]1CN(S(=O)(=O)C2=CC=CCC2=S)CCN1c1ccc([C@](C)(O)C(F)(F)F)cc1. The molecule has 1 aliphatic carbocycles. The van der Waals surface area contributed by atoms with E-state index in [0.29, 0.717) is 36.6 Å². The lowest BCUT2D eigenvalue weighted by Crippen LogP contribution is -2.58. The zero-order valence-corrected chi connectivity index (χ0v) is 23.6. The lowest BCUT2D eigenvalue weighted by Gasteiger charge is -2.44. The largest absolute Gasteiger partial charge is 0.421 e. The van der Waals surface area contributed by atoms with E-state index in [4.69, 9.17) is 12.2 Å². The van der Waals surface area contributed by atoms with Gasteiger partial charge in [-0.25, -0.2) is 13.4 Å². The summed E-state index contributed by atoms with van der Waals surface area (Å²) in [6.07, 6.45) is 4.21. The quantitative estimate of drug-likeness (QED) is 0.478. The molecular weight excluding hydrogens is 551 g/mol. The maximum atomic E-state index is 13.5. The molecule has 2 heterocycles. The molecule has 1 saturated heterocycles. The summed E-state index contributed by atoms with van der Waals surface area (Å²) in [5, 5.41) is 10.1. The zero-order valence-electron chi connectivity index (χ0n) is 22.0. The maximum absolute atomic E-state index is 13.5. The zero-order chi connectivity index (χ0) is 28.6. The van der Waals surface area contributed by atoms with Gasteiger partial charge in [-0.3, -0.25) is 4.90 Å². The first-order chi connectivity index (χ1) is 18.2. The first-order valence-electron chi connectivity index (χ1n) is 12.4. The van der Waals surface area contributed by atoms with E-state index in [-0.39, 0.29) is 29.6 Å². The van der Waals surface area contributed by atoms with E-state index in [9.17, 15) is 26.7 Å². The molecule has 0 bridgehead atoms. The molecule has 0 spiro atoms. The van der Waals surface area contributed by atoms with Gasteiger partial charge in [0.05, 0.1) is 23.0 Å². The van der Waals surface area contributed by atoms with Crippen LogP contribution in [0.2, 0.25) is 0 Å². The highest BCUT2D eigenvalue weighted by atomic mass is 32.2. The summed E-state index contributed by atoms with van der Waals surface area (Å²) in [6, 6.07) is 5.28. The number of halogens is 3. The van der Waals surface area contributed by atoms with Gasteiger partial charge in [0, 0.05) is 62.9 Å². The number of aliphatic hydroxyl groups is 1. The third kappa shape index (κ3) is 6.27. The number of nitrogens with zero attached hydrogens (tertiary/aromatic N) is 5. The third-order valence-electron chi connectivity index (χ3n) is 7.05. The number of aromatic nitrogens is 2. The number of thiocarbonyl (C=S) groups is 1. The van der Waals surface area contributed by atoms with Crippen LogP contribution >= 0.6 is 12.2 Å². The second-order valence-corrected chi connectivity index (χ2v) is 12.5. The smallest absolute Gasteiger partial charge is 0.376 e. The summed E-state index contributed by atoms with van der Waals surface area (Å²) in [6.45, 7) is 2.40. The van der Waals surface area contributed by atoms with Gasteiger partial charge in [0.25, 0.3) is 0 Å². The van der Waals surface area contributed by atoms with Crippen molar-refractivity contribution in [3.63, 3.8) is 0 Å². The van der Waals surface area contributed by atoms with Crippen LogP contribution < -0.4 is 4.90 Å². The topological polar surface area (TPSA) is 81.9 Å². The number of hydrogen-bond donors (Lipinski definition) is 1. The minimum atomic E-state index is -4.82. The lowest BCUT2D eigenvalue weighted by atomic mass is 9.95. The number of sulfonamides is 1. The van der Waals surface area contributed by atoms with E-state index >= 15 is 0 Å². The molecule has 0 amide bonds. The number of benzene rings is 1. The van der Waals surface area contributed by atoms with Crippen molar-refractivity contribution in [2.45, 2.75) is 37.7 Å². The molecule has 2 atom stereocenters. The Morgan fingerprint density at radius 2 is 1.90 bits per heavy atom. The number of piperazine rings is 1. The van der Waals surface area contributed by atoms with E-state index < -0.39 is 21.8 Å². The van der Waals surface area contributed by atoms with Gasteiger partial charge in [-0.05, 0) is 37.7 Å². The fourth-order valence-electron chi connectivity index (χ4n) is 4.82. The summed E-state index contributed by atoms with van der Waals surface area (Å²) in [4.78, 5) is 8.90. The van der Waals surface area contributed by atoms with Gasteiger partial charge in [-0.15, -0.1) is 0 Å². The van der Waals surface area contributed by atoms with Gasteiger partial charge in [-0.2, -0.15) is 17.5 Å². The summed E-state index contributed by atoms with van der Waals surface area (Å²) in [7, 11) is -0.0368. The van der Waals surface area contributed by atoms with Crippen LogP contribution in [0.25, 0.3) is 0 Å². The van der Waals surface area contributed by atoms with Crippen LogP contribution in [-0.2, 0) is 29.2 Å². The Bertz CT molecular complexity index is 1370. The summed E-state index contributed by atoms with van der Waals surface area (Å²) >= 11 is 5.33. The van der Waals surface area contributed by atoms with Crippen molar-refractivity contribution >= 4 is 32.8 Å². The van der Waals surface area contributed by atoms with Crippen LogP contribution in [0.15, 0.2) is 59.9 Å². The second kappa shape index (κ2) is 11.1. The second-order valence-electron chi connectivity index (χ2n) is 10.1. The number of likely N-dealkylation sites (N-methyl/N-ethyl adjacent to an activating group) is 1. The molecule has 8 nitrogen and oxygen atoms in total. The lowest BCUT2D eigenvalue weighted by molar-refractivity contribution is -0.258. The minimum absolute atomic E-state index is 0.132.